The molecule has 1 heterocycles. The summed E-state index contributed by atoms with van der Waals surface area (Å²) in [6, 6.07) is 14.2. The second-order valence-corrected chi connectivity index (χ2v) is 6.91. The number of benzene rings is 2. The highest BCUT2D eigenvalue weighted by atomic mass is 16.2. The normalized spacial score (nSPS) is 13.6. The molecule has 0 radical (unpaired) electrons. The summed E-state index contributed by atoms with van der Waals surface area (Å²) >= 11 is 0. The predicted octanol–water partition coefficient (Wildman–Crippen LogP) is 1.60. The summed E-state index contributed by atoms with van der Waals surface area (Å²) in [7, 11) is 0. The van der Waals surface area contributed by atoms with Crippen molar-refractivity contribution < 1.29 is 4.79 Å². The fraction of sp³-hybridized carbons (Fsp3) is 0.190. The lowest BCUT2D eigenvalue weighted by Crippen LogP contribution is -2.30. The number of nitrogens with two attached hydrogens (primary N) is 2. The van der Waals surface area contributed by atoms with Crippen molar-refractivity contribution in [3.05, 3.63) is 59.7 Å². The second kappa shape index (κ2) is 10.6. The predicted molar refractivity (Wildman–Crippen MR) is 129 cm³/mol. The van der Waals surface area contributed by atoms with Gasteiger partial charge in [0.05, 0.1) is 18.0 Å². The molecule has 0 aromatic heterocycles. The van der Waals surface area contributed by atoms with Gasteiger partial charge in [-0.25, -0.2) is 15.2 Å². The van der Waals surface area contributed by atoms with Gasteiger partial charge in [-0.1, -0.05) is 24.3 Å². The summed E-state index contributed by atoms with van der Waals surface area (Å²) in [6.45, 7) is 5.24. The Morgan fingerprint density at radius 3 is 1.97 bits per heavy atom. The Balaban J connectivity index is 1.54. The van der Waals surface area contributed by atoms with E-state index in [2.05, 4.69) is 41.7 Å². The highest BCUT2D eigenvalue weighted by molar-refractivity contribution is 6.03. The van der Waals surface area contributed by atoms with Crippen molar-refractivity contribution in [2.45, 2.75) is 13.8 Å². The first-order valence-electron chi connectivity index (χ1n) is 9.91. The first-order valence-corrected chi connectivity index (χ1v) is 9.91. The summed E-state index contributed by atoms with van der Waals surface area (Å²) in [5.74, 6) is 0.561. The fourth-order valence-corrected chi connectivity index (χ4v) is 2.75. The largest absolute Gasteiger partial charge is 0.369 e. The lowest BCUT2D eigenvalue weighted by molar-refractivity contribution is 0.262. The van der Waals surface area contributed by atoms with E-state index in [1.165, 1.54) is 0 Å². The molecular weight excluding hydrogens is 408 g/mol. The van der Waals surface area contributed by atoms with Crippen LogP contribution >= 0.6 is 0 Å². The van der Waals surface area contributed by atoms with E-state index in [0.29, 0.717) is 23.0 Å². The molecule has 2 aromatic carbocycles. The molecule has 166 valence electrons. The van der Waals surface area contributed by atoms with Gasteiger partial charge in [-0.05, 0) is 49.2 Å². The summed E-state index contributed by atoms with van der Waals surface area (Å²) in [6.07, 6.45) is 0. The number of urea groups is 1. The Morgan fingerprint density at radius 1 is 0.906 bits per heavy atom. The topological polar surface area (TPSA) is 167 Å². The third-order valence-electron chi connectivity index (χ3n) is 4.44. The fourth-order valence-electron chi connectivity index (χ4n) is 2.75. The van der Waals surface area contributed by atoms with E-state index in [9.17, 15) is 4.79 Å². The number of carbonyl (C=O) groups is 1. The van der Waals surface area contributed by atoms with Crippen molar-refractivity contribution in [3.63, 3.8) is 0 Å². The van der Waals surface area contributed by atoms with Crippen LogP contribution in [0.15, 0.2) is 68.8 Å². The van der Waals surface area contributed by atoms with Crippen LogP contribution in [-0.4, -0.2) is 42.5 Å². The first kappa shape index (κ1) is 22.3. The molecule has 1 aliphatic rings. The molecule has 0 aliphatic carbocycles. The van der Waals surface area contributed by atoms with Crippen LogP contribution in [0.2, 0.25) is 0 Å². The minimum atomic E-state index is -0.353. The van der Waals surface area contributed by atoms with Crippen molar-refractivity contribution in [1.82, 2.24) is 10.7 Å². The van der Waals surface area contributed by atoms with Gasteiger partial charge in [-0.3, -0.25) is 0 Å². The zero-order valence-corrected chi connectivity index (χ0v) is 17.9. The Labute approximate surface area is 185 Å². The van der Waals surface area contributed by atoms with Crippen LogP contribution in [0.1, 0.15) is 25.0 Å². The number of nitrogens with zero attached hydrogens (tertiary/aromatic N) is 4. The van der Waals surface area contributed by atoms with Gasteiger partial charge < -0.3 is 27.4 Å². The number of anilines is 2. The summed E-state index contributed by atoms with van der Waals surface area (Å²) in [5, 5.41) is 20.5. The molecule has 0 fully saturated rings. The number of carbonyl (C=O) groups excluding carboxylic acids is 1. The zero-order chi connectivity index (χ0) is 22.9. The van der Waals surface area contributed by atoms with E-state index in [4.69, 9.17) is 11.5 Å². The molecule has 11 heteroatoms. The van der Waals surface area contributed by atoms with Crippen LogP contribution in [0.25, 0.3) is 0 Å². The van der Waals surface area contributed by atoms with Crippen molar-refractivity contribution >= 4 is 40.7 Å². The second-order valence-electron chi connectivity index (χ2n) is 6.91. The van der Waals surface area contributed by atoms with E-state index in [-0.39, 0.29) is 12.0 Å². The van der Waals surface area contributed by atoms with E-state index in [0.717, 1.165) is 29.9 Å². The Kier molecular flexibility index (Phi) is 7.36. The van der Waals surface area contributed by atoms with Gasteiger partial charge in [0, 0.05) is 17.9 Å². The van der Waals surface area contributed by atoms with Crippen molar-refractivity contribution in [2.24, 2.45) is 31.8 Å². The first-order chi connectivity index (χ1) is 15.4. The molecule has 0 atom stereocenters. The van der Waals surface area contributed by atoms with Crippen LogP contribution in [0.3, 0.4) is 0 Å². The van der Waals surface area contributed by atoms with Gasteiger partial charge in [0.2, 0.25) is 11.9 Å². The SMILES string of the molecule is C/C(=N/NC1=NCCN1)c1ccc(NC(=O)Nc2ccc(/C(C)=N/N=C(N)N)cc2)cc1. The third-order valence-corrected chi connectivity index (χ3v) is 4.44. The van der Waals surface area contributed by atoms with E-state index >= 15 is 0 Å². The Hall–Kier alpha value is -4.41. The highest BCUT2D eigenvalue weighted by Gasteiger charge is 2.06. The smallest absolute Gasteiger partial charge is 0.323 e. The number of hydrazone groups is 1. The lowest BCUT2D eigenvalue weighted by atomic mass is 10.1. The van der Waals surface area contributed by atoms with E-state index < -0.39 is 0 Å². The molecule has 0 spiro atoms. The van der Waals surface area contributed by atoms with Gasteiger partial charge in [0.15, 0.2) is 0 Å². The number of hydrogen-bond donors (Lipinski definition) is 6. The van der Waals surface area contributed by atoms with Crippen LogP contribution in [-0.2, 0) is 0 Å². The summed E-state index contributed by atoms with van der Waals surface area (Å²) in [5.41, 5.74) is 17.9. The Morgan fingerprint density at radius 2 is 1.47 bits per heavy atom. The maximum absolute atomic E-state index is 12.3. The average molecular weight is 435 g/mol. The van der Waals surface area contributed by atoms with Gasteiger partial charge in [0.25, 0.3) is 0 Å². The van der Waals surface area contributed by atoms with E-state index in [1.807, 2.05) is 43.3 Å². The van der Waals surface area contributed by atoms with Crippen molar-refractivity contribution in [3.8, 4) is 0 Å². The molecule has 2 aromatic rings. The zero-order valence-electron chi connectivity index (χ0n) is 17.9. The maximum Gasteiger partial charge on any atom is 0.323 e. The van der Waals surface area contributed by atoms with Crippen LogP contribution in [0.5, 0.6) is 0 Å². The minimum Gasteiger partial charge on any atom is -0.369 e. The number of aliphatic imine (C=N–C) groups is 1. The van der Waals surface area contributed by atoms with Gasteiger partial charge in [-0.15, -0.1) is 5.10 Å². The molecule has 3 rings (SSSR count). The minimum absolute atomic E-state index is 0.109. The molecule has 32 heavy (non-hydrogen) atoms. The molecule has 0 saturated carbocycles. The van der Waals surface area contributed by atoms with E-state index in [1.54, 1.807) is 19.1 Å². The number of nitrogens with one attached hydrogen (secondary N) is 4. The molecule has 8 N–H and O–H groups in total. The number of amides is 2. The number of rotatable bonds is 6. The van der Waals surface area contributed by atoms with Crippen molar-refractivity contribution in [2.75, 3.05) is 23.7 Å². The van der Waals surface area contributed by atoms with Crippen LogP contribution < -0.4 is 32.8 Å². The molecule has 11 nitrogen and oxygen atoms in total. The number of hydrogen-bond acceptors (Lipinski definition) is 7. The van der Waals surface area contributed by atoms with Gasteiger partial charge in [-0.2, -0.15) is 10.2 Å². The lowest BCUT2D eigenvalue weighted by Gasteiger charge is -2.09. The highest BCUT2D eigenvalue weighted by Crippen LogP contribution is 2.13. The number of guanidine groups is 2. The molecule has 0 saturated heterocycles. The molecule has 2 amide bonds. The monoisotopic (exact) mass is 434 g/mol. The molecule has 0 bridgehead atoms. The molecule has 1 aliphatic heterocycles. The molecule has 0 unspecified atom stereocenters. The quantitative estimate of drug-likeness (QED) is 0.230. The standard InChI is InChI=1S/C21H26N10O/c1-13(28-30-19(22)23)15-3-7-17(8-4-15)26-21(32)27-18-9-5-16(6-10-18)14(2)29-31-20-24-11-12-25-20/h3-10H,11-12H2,1-2H3,(H4,22,23,30)(H2,24,25,31)(H2,26,27,32)/b28-13+,29-14-. The van der Waals surface area contributed by atoms with Gasteiger partial charge >= 0.3 is 6.03 Å². The summed E-state index contributed by atoms with van der Waals surface area (Å²) < 4.78 is 0. The van der Waals surface area contributed by atoms with Crippen LogP contribution in [0, 0.1) is 0 Å². The van der Waals surface area contributed by atoms with Crippen LogP contribution in [0.4, 0.5) is 16.2 Å². The molecular formula is C21H26N10O. The van der Waals surface area contributed by atoms with Crippen molar-refractivity contribution in [1.29, 1.82) is 0 Å². The summed E-state index contributed by atoms with van der Waals surface area (Å²) in [4.78, 5) is 16.5. The average Bonchev–Trinajstić information content (AvgIpc) is 3.30. The third kappa shape index (κ3) is 6.55. The maximum atomic E-state index is 12.3. The Bertz CT molecular complexity index is 1060. The van der Waals surface area contributed by atoms with Gasteiger partial charge in [0.1, 0.15) is 0 Å².